The van der Waals surface area contributed by atoms with Gasteiger partial charge >= 0.3 is 5.97 Å². The topological polar surface area (TPSA) is 29.5 Å². The first-order valence-electron chi connectivity index (χ1n) is 6.62. The smallest absolute Gasteiger partial charge is 0.309 e. The van der Waals surface area contributed by atoms with Crippen molar-refractivity contribution >= 4 is 5.97 Å². The molecule has 0 aliphatic carbocycles. The molecule has 0 radical (unpaired) electrons. The van der Waals surface area contributed by atoms with Crippen molar-refractivity contribution in [3.8, 4) is 0 Å². The number of likely N-dealkylation sites (tertiary alicyclic amines) is 1. The summed E-state index contributed by atoms with van der Waals surface area (Å²) in [5, 5.41) is 0. The molecule has 2 atom stereocenters. The van der Waals surface area contributed by atoms with Crippen LogP contribution in [-0.2, 0) is 9.53 Å². The van der Waals surface area contributed by atoms with E-state index in [4.69, 9.17) is 4.74 Å². The molecule has 0 spiro atoms. The molecule has 1 aromatic carbocycles. The summed E-state index contributed by atoms with van der Waals surface area (Å²) in [6.07, 6.45) is 0.884. The van der Waals surface area contributed by atoms with Crippen molar-refractivity contribution in [1.29, 1.82) is 0 Å². The van der Waals surface area contributed by atoms with E-state index in [0.717, 1.165) is 19.5 Å². The molecule has 0 amide bonds. The molecule has 18 heavy (non-hydrogen) atoms. The van der Waals surface area contributed by atoms with Crippen LogP contribution in [-0.4, -0.2) is 37.6 Å². The van der Waals surface area contributed by atoms with Crippen LogP contribution in [0.3, 0.4) is 0 Å². The van der Waals surface area contributed by atoms with Crippen molar-refractivity contribution in [3.05, 3.63) is 35.9 Å². The van der Waals surface area contributed by atoms with E-state index in [-0.39, 0.29) is 17.8 Å². The van der Waals surface area contributed by atoms with Crippen LogP contribution >= 0.6 is 0 Å². The van der Waals surface area contributed by atoms with Gasteiger partial charge < -0.3 is 9.64 Å². The Morgan fingerprint density at radius 3 is 2.78 bits per heavy atom. The van der Waals surface area contributed by atoms with Gasteiger partial charge in [0.05, 0.1) is 12.5 Å². The highest BCUT2D eigenvalue weighted by Crippen LogP contribution is 2.32. The minimum absolute atomic E-state index is 0.00329. The van der Waals surface area contributed by atoms with Crippen LogP contribution in [0.25, 0.3) is 0 Å². The molecule has 1 fully saturated rings. The molecule has 0 saturated carbocycles. The molecule has 1 aromatic rings. The number of benzene rings is 1. The molecule has 1 saturated heterocycles. The molecule has 2 unspecified atom stereocenters. The largest absolute Gasteiger partial charge is 0.466 e. The predicted octanol–water partition coefficient (Wildman–Crippen LogP) is 2.29. The fraction of sp³-hybridized carbons (Fsp3) is 0.533. The Morgan fingerprint density at radius 1 is 1.39 bits per heavy atom. The van der Waals surface area contributed by atoms with Crippen molar-refractivity contribution in [2.75, 3.05) is 26.7 Å². The van der Waals surface area contributed by atoms with E-state index in [1.165, 1.54) is 5.56 Å². The lowest BCUT2D eigenvalue weighted by Crippen LogP contribution is -2.40. The van der Waals surface area contributed by atoms with Crippen LogP contribution in [0.1, 0.15) is 24.8 Å². The number of hydrogen-bond donors (Lipinski definition) is 0. The van der Waals surface area contributed by atoms with Gasteiger partial charge in [-0.1, -0.05) is 30.3 Å². The third-order valence-electron chi connectivity index (χ3n) is 3.63. The average molecular weight is 247 g/mol. The number of ether oxygens (including phenoxy) is 1. The summed E-state index contributed by atoms with van der Waals surface area (Å²) in [5.74, 6) is 0.215. The van der Waals surface area contributed by atoms with Crippen LogP contribution in [0.15, 0.2) is 30.3 Å². The van der Waals surface area contributed by atoms with E-state index in [2.05, 4.69) is 24.1 Å². The van der Waals surface area contributed by atoms with Crippen molar-refractivity contribution in [2.24, 2.45) is 5.92 Å². The zero-order valence-electron chi connectivity index (χ0n) is 11.1. The Balaban J connectivity index is 2.19. The van der Waals surface area contributed by atoms with E-state index in [9.17, 15) is 4.79 Å². The summed E-state index contributed by atoms with van der Waals surface area (Å²) in [4.78, 5) is 14.3. The van der Waals surface area contributed by atoms with Gasteiger partial charge in [-0.05, 0) is 32.5 Å². The highest BCUT2D eigenvalue weighted by molar-refractivity contribution is 5.74. The highest BCUT2D eigenvalue weighted by Gasteiger charge is 2.34. The summed E-state index contributed by atoms with van der Waals surface area (Å²) in [6, 6.07) is 10.3. The Hall–Kier alpha value is -1.35. The molecule has 3 nitrogen and oxygen atoms in total. The predicted molar refractivity (Wildman–Crippen MR) is 71.4 cm³/mol. The standard InChI is InChI=1S/C15H21NO2/c1-3-18-15(17)13-9-10-16(2)11-14(13)12-7-5-4-6-8-12/h4-8,13-14H,3,9-11H2,1-2H3. The molecule has 0 bridgehead atoms. The lowest BCUT2D eigenvalue weighted by atomic mass is 9.81. The maximum absolute atomic E-state index is 12.0. The first kappa shape index (κ1) is 13.1. The normalized spacial score (nSPS) is 24.8. The van der Waals surface area contributed by atoms with Gasteiger partial charge in [-0.15, -0.1) is 0 Å². The Kier molecular flexibility index (Phi) is 4.37. The molecule has 1 aliphatic heterocycles. The molecule has 98 valence electrons. The molecule has 1 heterocycles. The number of carbonyl (C=O) groups is 1. The molecule has 2 rings (SSSR count). The van der Waals surface area contributed by atoms with Crippen molar-refractivity contribution in [2.45, 2.75) is 19.3 Å². The summed E-state index contributed by atoms with van der Waals surface area (Å²) in [5.41, 5.74) is 1.24. The number of hydrogen-bond acceptors (Lipinski definition) is 3. The van der Waals surface area contributed by atoms with Gasteiger partial charge in [0.1, 0.15) is 0 Å². The van der Waals surface area contributed by atoms with Gasteiger partial charge in [0, 0.05) is 12.5 Å². The summed E-state index contributed by atoms with van der Waals surface area (Å²) in [7, 11) is 2.11. The van der Waals surface area contributed by atoms with E-state index in [1.54, 1.807) is 0 Å². The average Bonchev–Trinajstić information content (AvgIpc) is 2.40. The quantitative estimate of drug-likeness (QED) is 0.767. The SMILES string of the molecule is CCOC(=O)C1CCN(C)CC1c1ccccc1. The zero-order valence-corrected chi connectivity index (χ0v) is 11.1. The van der Waals surface area contributed by atoms with Crippen LogP contribution in [0.5, 0.6) is 0 Å². The third-order valence-corrected chi connectivity index (χ3v) is 3.63. The monoisotopic (exact) mass is 247 g/mol. The number of carbonyl (C=O) groups excluding carboxylic acids is 1. The Morgan fingerprint density at radius 2 is 2.11 bits per heavy atom. The number of rotatable bonds is 3. The van der Waals surface area contributed by atoms with Crippen molar-refractivity contribution in [3.63, 3.8) is 0 Å². The van der Waals surface area contributed by atoms with Crippen LogP contribution < -0.4 is 0 Å². The molecule has 0 N–H and O–H groups in total. The molecule has 3 heteroatoms. The van der Waals surface area contributed by atoms with E-state index in [0.29, 0.717) is 6.61 Å². The van der Waals surface area contributed by atoms with Gasteiger partial charge in [-0.25, -0.2) is 0 Å². The fourth-order valence-electron chi connectivity index (χ4n) is 2.68. The van der Waals surface area contributed by atoms with Gasteiger partial charge in [-0.2, -0.15) is 0 Å². The third kappa shape index (κ3) is 2.91. The summed E-state index contributed by atoms with van der Waals surface area (Å²) in [6.45, 7) is 4.22. The minimum Gasteiger partial charge on any atom is -0.466 e. The minimum atomic E-state index is -0.0422. The summed E-state index contributed by atoms with van der Waals surface area (Å²) < 4.78 is 5.21. The van der Waals surface area contributed by atoms with Crippen LogP contribution in [0.2, 0.25) is 0 Å². The van der Waals surface area contributed by atoms with Crippen molar-refractivity contribution < 1.29 is 9.53 Å². The zero-order chi connectivity index (χ0) is 13.0. The lowest BCUT2D eigenvalue weighted by Gasteiger charge is -2.35. The van der Waals surface area contributed by atoms with Crippen LogP contribution in [0.4, 0.5) is 0 Å². The number of esters is 1. The maximum atomic E-state index is 12.0. The van der Waals surface area contributed by atoms with E-state index in [1.807, 2.05) is 25.1 Å². The van der Waals surface area contributed by atoms with Gasteiger partial charge in [0.15, 0.2) is 0 Å². The second-order valence-corrected chi connectivity index (χ2v) is 4.93. The second-order valence-electron chi connectivity index (χ2n) is 4.93. The Labute approximate surface area is 109 Å². The number of likely N-dealkylation sites (N-methyl/N-ethyl adjacent to an activating group) is 1. The lowest BCUT2D eigenvalue weighted by molar-refractivity contribution is -0.150. The number of nitrogens with zero attached hydrogens (tertiary/aromatic N) is 1. The van der Waals surface area contributed by atoms with E-state index < -0.39 is 0 Å². The van der Waals surface area contributed by atoms with Gasteiger partial charge in [0.25, 0.3) is 0 Å². The molecular weight excluding hydrogens is 226 g/mol. The first-order valence-corrected chi connectivity index (χ1v) is 6.62. The van der Waals surface area contributed by atoms with E-state index >= 15 is 0 Å². The number of piperidine rings is 1. The maximum Gasteiger partial charge on any atom is 0.309 e. The first-order chi connectivity index (χ1) is 8.72. The second kappa shape index (κ2) is 6.01. The van der Waals surface area contributed by atoms with Crippen LogP contribution in [0, 0.1) is 5.92 Å². The van der Waals surface area contributed by atoms with Crippen molar-refractivity contribution in [1.82, 2.24) is 4.90 Å². The highest BCUT2D eigenvalue weighted by atomic mass is 16.5. The summed E-state index contributed by atoms with van der Waals surface area (Å²) >= 11 is 0. The fourth-order valence-corrected chi connectivity index (χ4v) is 2.68. The molecule has 1 aliphatic rings. The van der Waals surface area contributed by atoms with Gasteiger partial charge in [-0.3, -0.25) is 4.79 Å². The van der Waals surface area contributed by atoms with Gasteiger partial charge in [0.2, 0.25) is 0 Å². The molecular formula is C15H21NO2. The molecule has 0 aromatic heterocycles. The Bertz CT molecular complexity index is 391.